The second kappa shape index (κ2) is 4.78. The van der Waals surface area contributed by atoms with Crippen LogP contribution in [0.1, 0.15) is 6.42 Å². The van der Waals surface area contributed by atoms with Gasteiger partial charge in [0.1, 0.15) is 0 Å². The molecule has 7 nitrogen and oxygen atoms in total. The predicted octanol–water partition coefficient (Wildman–Crippen LogP) is -1.56. The lowest BCUT2D eigenvalue weighted by Gasteiger charge is -2.04. The smallest absolute Gasteiger partial charge is 0.339 e. The Balaban J connectivity index is 2.78. The van der Waals surface area contributed by atoms with Crippen LogP contribution in [-0.4, -0.2) is 26.4 Å². The first-order chi connectivity index (χ1) is 7.00. The monoisotopic (exact) mass is 230 g/mol. The first-order valence-electron chi connectivity index (χ1n) is 4.09. The molecule has 0 aliphatic heterocycles. The van der Waals surface area contributed by atoms with Crippen molar-refractivity contribution in [3.8, 4) is 0 Å². The fourth-order valence-electron chi connectivity index (χ4n) is 0.833. The number of nitrogens with two attached hydrogens (primary N) is 1. The van der Waals surface area contributed by atoms with Gasteiger partial charge in [0.2, 0.25) is 5.91 Å². The Morgan fingerprint density at radius 1 is 1.60 bits per heavy atom. The van der Waals surface area contributed by atoms with Crippen LogP contribution in [-0.2, 0) is 11.8 Å². The molecule has 8 heteroatoms. The summed E-state index contributed by atoms with van der Waals surface area (Å²) < 4.78 is 1.33. The minimum Gasteiger partial charge on any atom is -0.370 e. The van der Waals surface area contributed by atoms with Gasteiger partial charge in [-0.05, 0) is 0 Å². The summed E-state index contributed by atoms with van der Waals surface area (Å²) in [6.45, 7) is 0. The summed E-state index contributed by atoms with van der Waals surface area (Å²) in [7, 11) is 1.56. The lowest BCUT2D eigenvalue weighted by molar-refractivity contribution is -0.117. The Hall–Kier alpha value is -1.57. The van der Waals surface area contributed by atoms with E-state index in [0.717, 1.165) is 0 Å². The zero-order chi connectivity index (χ0) is 11.4. The lowest BCUT2D eigenvalue weighted by Crippen LogP contribution is -2.33. The normalized spacial score (nSPS) is 10.2. The number of aromatic nitrogens is 3. The van der Waals surface area contributed by atoms with E-state index in [2.05, 4.69) is 10.1 Å². The molecule has 0 aromatic carbocycles. The third kappa shape index (κ3) is 3.24. The van der Waals surface area contributed by atoms with Gasteiger partial charge < -0.3 is 5.73 Å². The summed E-state index contributed by atoms with van der Waals surface area (Å²) in [5.41, 5.74) is 3.34. The molecule has 1 rings (SSSR count). The van der Waals surface area contributed by atoms with E-state index in [1.165, 1.54) is 16.4 Å². The fourth-order valence-corrected chi connectivity index (χ4v) is 1.71. The van der Waals surface area contributed by atoms with Crippen LogP contribution >= 0.6 is 11.8 Å². The van der Waals surface area contributed by atoms with E-state index < -0.39 is 17.0 Å². The third-order valence-corrected chi connectivity index (χ3v) is 2.56. The quantitative estimate of drug-likeness (QED) is 0.480. The molecule has 0 aliphatic carbocycles. The molecule has 3 N–H and O–H groups in total. The molecule has 15 heavy (non-hydrogen) atoms. The average Bonchev–Trinajstić information content (AvgIpc) is 2.13. The molecule has 0 aliphatic rings. The molecule has 0 saturated heterocycles. The van der Waals surface area contributed by atoms with E-state index in [9.17, 15) is 14.4 Å². The average molecular weight is 230 g/mol. The van der Waals surface area contributed by atoms with Gasteiger partial charge in [0.05, 0.1) is 0 Å². The van der Waals surface area contributed by atoms with Crippen LogP contribution in [0.3, 0.4) is 0 Å². The first kappa shape index (κ1) is 11.5. The van der Waals surface area contributed by atoms with Gasteiger partial charge in [-0.1, -0.05) is 11.8 Å². The van der Waals surface area contributed by atoms with Crippen molar-refractivity contribution in [3.05, 3.63) is 20.7 Å². The molecular formula is C7H10N4O3S. The minimum absolute atomic E-state index is 0.194. The topological polar surface area (TPSA) is 111 Å². The highest BCUT2D eigenvalue weighted by atomic mass is 32.2. The Bertz CT molecular complexity index is 478. The minimum atomic E-state index is -0.838. The summed E-state index contributed by atoms with van der Waals surface area (Å²) in [5.74, 6) is -0.00120. The molecule has 0 radical (unpaired) electrons. The van der Waals surface area contributed by atoms with Crippen molar-refractivity contribution < 1.29 is 4.79 Å². The van der Waals surface area contributed by atoms with Crippen LogP contribution in [0, 0.1) is 0 Å². The Labute approximate surface area is 88.7 Å². The van der Waals surface area contributed by atoms with Crippen LogP contribution in [0.25, 0.3) is 0 Å². The molecule has 82 valence electrons. The number of thioether (sulfide) groups is 1. The zero-order valence-electron chi connectivity index (χ0n) is 8.02. The molecule has 0 fully saturated rings. The Kier molecular flexibility index (Phi) is 3.67. The standard InChI is InChI=1S/C7H10N4O3S/c1-11-7(15-3-2-4(8)12)9-5(13)6(14)10-11/h2-3H2,1H3,(H2,8,12)(H,10,14). The largest absolute Gasteiger partial charge is 0.370 e. The van der Waals surface area contributed by atoms with Gasteiger partial charge in [-0.2, -0.15) is 4.98 Å². The van der Waals surface area contributed by atoms with Gasteiger partial charge in [-0.3, -0.25) is 24.2 Å². The van der Waals surface area contributed by atoms with Crippen molar-refractivity contribution in [2.45, 2.75) is 11.6 Å². The van der Waals surface area contributed by atoms with Crippen molar-refractivity contribution in [2.75, 3.05) is 5.75 Å². The number of hydrogen-bond acceptors (Lipinski definition) is 5. The SMILES string of the molecule is Cn1[nH]c(=O)c(=O)nc1SCCC(N)=O. The first-order valence-corrected chi connectivity index (χ1v) is 5.07. The molecule has 0 saturated carbocycles. The van der Waals surface area contributed by atoms with Crippen LogP contribution in [0.15, 0.2) is 14.7 Å². The molecule has 0 bridgehead atoms. The van der Waals surface area contributed by atoms with E-state index >= 15 is 0 Å². The molecule has 0 unspecified atom stereocenters. The third-order valence-electron chi connectivity index (χ3n) is 1.53. The number of H-pyrrole nitrogens is 1. The second-order valence-electron chi connectivity index (χ2n) is 2.76. The summed E-state index contributed by atoms with van der Waals surface area (Å²) in [5, 5.41) is 2.64. The maximum atomic E-state index is 10.9. The number of rotatable bonds is 4. The van der Waals surface area contributed by atoms with Gasteiger partial charge in [-0.15, -0.1) is 0 Å². The van der Waals surface area contributed by atoms with Crippen LogP contribution in [0.4, 0.5) is 0 Å². The van der Waals surface area contributed by atoms with Crippen molar-refractivity contribution in [1.82, 2.24) is 14.8 Å². The Morgan fingerprint density at radius 2 is 2.27 bits per heavy atom. The number of carbonyl (C=O) groups excluding carboxylic acids is 1. The highest BCUT2D eigenvalue weighted by Crippen LogP contribution is 2.11. The summed E-state index contributed by atoms with van der Waals surface area (Å²) >= 11 is 1.18. The zero-order valence-corrected chi connectivity index (χ0v) is 8.84. The number of carbonyl (C=O) groups is 1. The van der Waals surface area contributed by atoms with Crippen LogP contribution in [0.5, 0.6) is 0 Å². The molecule has 0 atom stereocenters. The van der Waals surface area contributed by atoms with Crippen molar-refractivity contribution in [1.29, 1.82) is 0 Å². The van der Waals surface area contributed by atoms with Crippen molar-refractivity contribution in [2.24, 2.45) is 12.8 Å². The maximum absolute atomic E-state index is 10.9. The van der Waals surface area contributed by atoms with E-state index in [-0.39, 0.29) is 6.42 Å². The number of nitrogens with zero attached hydrogens (tertiary/aromatic N) is 2. The van der Waals surface area contributed by atoms with Gasteiger partial charge in [0, 0.05) is 19.2 Å². The number of aryl methyl sites for hydroxylation is 1. The van der Waals surface area contributed by atoms with Gasteiger partial charge in [0.25, 0.3) is 0 Å². The van der Waals surface area contributed by atoms with Gasteiger partial charge in [0.15, 0.2) is 5.16 Å². The molecule has 1 aromatic rings. The molecule has 1 amide bonds. The Morgan fingerprint density at radius 3 is 2.87 bits per heavy atom. The number of hydrogen-bond donors (Lipinski definition) is 2. The van der Waals surface area contributed by atoms with Crippen LogP contribution < -0.4 is 16.9 Å². The van der Waals surface area contributed by atoms with E-state index in [1.807, 2.05) is 0 Å². The molecule has 1 heterocycles. The molecular weight excluding hydrogens is 220 g/mol. The van der Waals surface area contributed by atoms with E-state index in [0.29, 0.717) is 10.9 Å². The highest BCUT2D eigenvalue weighted by molar-refractivity contribution is 7.99. The van der Waals surface area contributed by atoms with Crippen molar-refractivity contribution in [3.63, 3.8) is 0 Å². The van der Waals surface area contributed by atoms with Gasteiger partial charge in [-0.25, -0.2) is 0 Å². The van der Waals surface area contributed by atoms with Crippen molar-refractivity contribution >= 4 is 17.7 Å². The number of nitrogens with one attached hydrogen (secondary N) is 1. The lowest BCUT2D eigenvalue weighted by atomic mass is 10.5. The number of aromatic amines is 1. The second-order valence-corrected chi connectivity index (χ2v) is 3.83. The molecule has 1 aromatic heterocycles. The molecule has 0 spiro atoms. The fraction of sp³-hybridized carbons (Fsp3) is 0.429. The van der Waals surface area contributed by atoms with Crippen LogP contribution in [0.2, 0.25) is 0 Å². The summed E-state index contributed by atoms with van der Waals surface area (Å²) in [6, 6.07) is 0. The van der Waals surface area contributed by atoms with E-state index in [1.54, 1.807) is 7.05 Å². The summed E-state index contributed by atoms with van der Waals surface area (Å²) in [6.07, 6.45) is 0.194. The number of amides is 1. The highest BCUT2D eigenvalue weighted by Gasteiger charge is 2.04. The number of primary amides is 1. The summed E-state index contributed by atoms with van der Waals surface area (Å²) in [4.78, 5) is 35.8. The van der Waals surface area contributed by atoms with E-state index in [4.69, 9.17) is 5.73 Å². The predicted molar refractivity (Wildman–Crippen MR) is 54.6 cm³/mol. The van der Waals surface area contributed by atoms with Gasteiger partial charge >= 0.3 is 11.1 Å². The maximum Gasteiger partial charge on any atom is 0.339 e.